The van der Waals surface area contributed by atoms with Crippen LogP contribution in [0.15, 0.2) is 16.6 Å². The summed E-state index contributed by atoms with van der Waals surface area (Å²) in [6.07, 6.45) is 0.203. The van der Waals surface area contributed by atoms with Crippen molar-refractivity contribution in [3.05, 3.63) is 28.2 Å². The monoisotopic (exact) mass is 350 g/mol. The lowest BCUT2D eigenvalue weighted by atomic mass is 10.2. The van der Waals surface area contributed by atoms with Gasteiger partial charge in [-0.25, -0.2) is 18.4 Å². The van der Waals surface area contributed by atoms with Gasteiger partial charge in [-0.15, -0.1) is 0 Å². The summed E-state index contributed by atoms with van der Waals surface area (Å²) in [6, 6.07) is -0.134. The molecule has 8 heteroatoms. The fourth-order valence-corrected chi connectivity index (χ4v) is 1.92. The lowest BCUT2D eigenvalue weighted by Crippen LogP contribution is -2.44. The first kappa shape index (κ1) is 16.4. The van der Waals surface area contributed by atoms with Gasteiger partial charge in [0.1, 0.15) is 17.7 Å². The summed E-state index contributed by atoms with van der Waals surface area (Å²) in [5.41, 5.74) is -0.240. The molecule has 0 bridgehead atoms. The van der Waals surface area contributed by atoms with Crippen LogP contribution in [0, 0.1) is 11.6 Å². The lowest BCUT2D eigenvalue weighted by Gasteiger charge is -2.24. The van der Waals surface area contributed by atoms with Crippen LogP contribution in [-0.2, 0) is 4.79 Å². The zero-order valence-corrected chi connectivity index (χ0v) is 12.4. The Balaban J connectivity index is 2.90. The molecule has 0 heterocycles. The van der Waals surface area contributed by atoms with E-state index in [4.69, 9.17) is 5.11 Å². The van der Waals surface area contributed by atoms with Gasteiger partial charge in [0.2, 0.25) is 0 Å². The molecule has 5 nitrogen and oxygen atoms in total. The zero-order chi connectivity index (χ0) is 15.4. The maximum absolute atomic E-state index is 13.5. The van der Waals surface area contributed by atoms with Gasteiger partial charge in [0.25, 0.3) is 0 Å². The Morgan fingerprint density at radius 1 is 1.40 bits per heavy atom. The summed E-state index contributed by atoms with van der Waals surface area (Å²) >= 11 is 2.87. The molecule has 0 aromatic heterocycles. The summed E-state index contributed by atoms with van der Waals surface area (Å²) in [7, 11) is 1.29. The van der Waals surface area contributed by atoms with Crippen molar-refractivity contribution in [3.8, 4) is 0 Å². The predicted molar refractivity (Wildman–Crippen MR) is 72.6 cm³/mol. The van der Waals surface area contributed by atoms with Crippen molar-refractivity contribution in [3.63, 3.8) is 0 Å². The van der Waals surface area contributed by atoms with Gasteiger partial charge in [-0.2, -0.15) is 0 Å². The highest BCUT2D eigenvalue weighted by atomic mass is 79.9. The van der Waals surface area contributed by atoms with Crippen LogP contribution in [0.3, 0.4) is 0 Å². The highest BCUT2D eigenvalue weighted by molar-refractivity contribution is 9.10. The number of anilines is 1. The molecular weight excluding hydrogens is 338 g/mol. The summed E-state index contributed by atoms with van der Waals surface area (Å²) in [6.45, 7) is 1.61. The SMILES string of the molecule is CCC(C(=O)O)N(C)C(=O)Nc1cc(Br)c(F)cc1F. The summed E-state index contributed by atoms with van der Waals surface area (Å²) < 4.78 is 26.5. The number of amides is 2. The Labute approximate surface area is 122 Å². The van der Waals surface area contributed by atoms with E-state index in [0.717, 1.165) is 11.0 Å². The van der Waals surface area contributed by atoms with Crippen LogP contribution in [-0.4, -0.2) is 35.1 Å². The number of urea groups is 1. The minimum Gasteiger partial charge on any atom is -0.480 e. The summed E-state index contributed by atoms with van der Waals surface area (Å²) in [5, 5.41) is 11.1. The molecular formula is C12H13BrF2N2O3. The fraction of sp³-hybridized carbons (Fsp3) is 0.333. The number of halogens is 3. The highest BCUT2D eigenvalue weighted by Crippen LogP contribution is 2.24. The number of likely N-dealkylation sites (N-methyl/N-ethyl adjacent to an activating group) is 1. The molecule has 1 aromatic carbocycles. The van der Waals surface area contributed by atoms with Crippen LogP contribution in [0.2, 0.25) is 0 Å². The van der Waals surface area contributed by atoms with E-state index in [1.165, 1.54) is 7.05 Å². The number of carbonyl (C=O) groups is 2. The van der Waals surface area contributed by atoms with Crippen LogP contribution in [0.1, 0.15) is 13.3 Å². The van der Waals surface area contributed by atoms with Crippen LogP contribution in [0.4, 0.5) is 19.3 Å². The number of carbonyl (C=O) groups excluding carboxylic acids is 1. The van der Waals surface area contributed by atoms with Gasteiger partial charge in [-0.05, 0) is 28.4 Å². The molecule has 0 saturated carbocycles. The average Bonchev–Trinajstić information content (AvgIpc) is 2.36. The molecule has 1 rings (SSSR count). The molecule has 0 radical (unpaired) electrons. The minimum absolute atomic E-state index is 0.0119. The molecule has 0 fully saturated rings. The number of hydrogen-bond acceptors (Lipinski definition) is 2. The third-order valence-electron chi connectivity index (χ3n) is 2.71. The van der Waals surface area contributed by atoms with Gasteiger partial charge in [0.15, 0.2) is 0 Å². The first-order valence-electron chi connectivity index (χ1n) is 5.69. The Morgan fingerprint density at radius 2 is 2.00 bits per heavy atom. The van der Waals surface area contributed by atoms with Gasteiger partial charge in [0.05, 0.1) is 10.2 Å². The third-order valence-corrected chi connectivity index (χ3v) is 3.32. The van der Waals surface area contributed by atoms with Gasteiger partial charge >= 0.3 is 12.0 Å². The maximum atomic E-state index is 13.5. The first-order valence-corrected chi connectivity index (χ1v) is 6.48. The second-order valence-corrected chi connectivity index (χ2v) is 4.90. The molecule has 0 spiro atoms. The number of aliphatic carboxylic acids is 1. The van der Waals surface area contributed by atoms with E-state index in [9.17, 15) is 18.4 Å². The second kappa shape index (κ2) is 6.65. The fourth-order valence-electron chi connectivity index (χ4n) is 1.58. The van der Waals surface area contributed by atoms with Gasteiger partial charge in [-0.3, -0.25) is 0 Å². The van der Waals surface area contributed by atoms with Crippen molar-refractivity contribution in [2.75, 3.05) is 12.4 Å². The number of rotatable bonds is 4. The van der Waals surface area contributed by atoms with Crippen molar-refractivity contribution < 1.29 is 23.5 Å². The van der Waals surface area contributed by atoms with E-state index in [-0.39, 0.29) is 16.6 Å². The molecule has 2 amide bonds. The van der Waals surface area contributed by atoms with E-state index < -0.39 is 29.7 Å². The Hall–Kier alpha value is -1.70. The van der Waals surface area contributed by atoms with E-state index in [1.54, 1.807) is 6.92 Å². The van der Waals surface area contributed by atoms with Gasteiger partial charge in [0, 0.05) is 13.1 Å². The van der Waals surface area contributed by atoms with Gasteiger partial charge < -0.3 is 15.3 Å². The molecule has 0 aliphatic rings. The van der Waals surface area contributed by atoms with Crippen LogP contribution in [0.5, 0.6) is 0 Å². The Kier molecular flexibility index (Phi) is 5.43. The van der Waals surface area contributed by atoms with Crippen molar-refractivity contribution in [1.29, 1.82) is 0 Å². The normalized spacial score (nSPS) is 11.8. The molecule has 2 N–H and O–H groups in total. The number of nitrogens with one attached hydrogen (secondary N) is 1. The number of carboxylic acids is 1. The third kappa shape index (κ3) is 3.66. The van der Waals surface area contributed by atoms with Crippen LogP contribution in [0.25, 0.3) is 0 Å². The molecule has 20 heavy (non-hydrogen) atoms. The highest BCUT2D eigenvalue weighted by Gasteiger charge is 2.25. The molecule has 1 unspecified atom stereocenters. The first-order chi connectivity index (χ1) is 9.27. The van der Waals surface area contributed by atoms with Crippen LogP contribution >= 0.6 is 15.9 Å². The van der Waals surface area contributed by atoms with E-state index >= 15 is 0 Å². The predicted octanol–water partition coefficient (Wildman–Crippen LogP) is 3.05. The van der Waals surface area contributed by atoms with Crippen molar-refractivity contribution in [2.45, 2.75) is 19.4 Å². The molecule has 1 atom stereocenters. The smallest absolute Gasteiger partial charge is 0.326 e. The van der Waals surface area contributed by atoms with E-state index in [2.05, 4.69) is 21.2 Å². The molecule has 1 aromatic rings. The maximum Gasteiger partial charge on any atom is 0.326 e. The van der Waals surface area contributed by atoms with Crippen molar-refractivity contribution >= 4 is 33.6 Å². The Morgan fingerprint density at radius 3 is 2.50 bits per heavy atom. The minimum atomic E-state index is -1.16. The molecule has 0 saturated heterocycles. The second-order valence-electron chi connectivity index (χ2n) is 4.05. The average molecular weight is 351 g/mol. The summed E-state index contributed by atoms with van der Waals surface area (Å²) in [5.74, 6) is -2.91. The number of carboxylic acid groups (broad SMARTS) is 1. The number of nitrogens with zero attached hydrogens (tertiary/aromatic N) is 1. The molecule has 110 valence electrons. The quantitative estimate of drug-likeness (QED) is 0.820. The molecule has 0 aliphatic heterocycles. The van der Waals surface area contributed by atoms with E-state index in [0.29, 0.717) is 6.07 Å². The standard InChI is InChI=1S/C12H13BrF2N2O3/c1-3-10(11(18)19)17(2)12(20)16-9-4-6(13)7(14)5-8(9)15/h4-5,10H,3H2,1-2H3,(H,16,20)(H,18,19). The number of hydrogen-bond donors (Lipinski definition) is 2. The van der Waals surface area contributed by atoms with Crippen LogP contribution < -0.4 is 5.32 Å². The Bertz CT molecular complexity index is 540. The topological polar surface area (TPSA) is 69.6 Å². The number of benzene rings is 1. The van der Waals surface area contributed by atoms with E-state index in [1.807, 2.05) is 0 Å². The van der Waals surface area contributed by atoms with Crippen molar-refractivity contribution in [2.24, 2.45) is 0 Å². The zero-order valence-electron chi connectivity index (χ0n) is 10.8. The van der Waals surface area contributed by atoms with Gasteiger partial charge in [-0.1, -0.05) is 6.92 Å². The molecule has 0 aliphatic carbocycles. The van der Waals surface area contributed by atoms with Crippen molar-refractivity contribution in [1.82, 2.24) is 4.90 Å². The largest absolute Gasteiger partial charge is 0.480 e. The lowest BCUT2D eigenvalue weighted by molar-refractivity contribution is -0.141. The summed E-state index contributed by atoms with van der Waals surface area (Å²) in [4.78, 5) is 23.7.